The normalized spacial score (nSPS) is 22.8. The number of unbranched alkanes of at least 4 members (excludes halogenated alkanes) is 7. The van der Waals surface area contributed by atoms with Crippen LogP contribution in [0.4, 0.5) is 0 Å². The lowest BCUT2D eigenvalue weighted by molar-refractivity contribution is 0.476. The highest BCUT2D eigenvalue weighted by Gasteiger charge is 2.30. The predicted octanol–water partition coefficient (Wildman–Crippen LogP) is 5.26. The number of rotatable bonds is 11. The molecule has 0 aromatic rings. The maximum Gasteiger partial charge on any atom is 0.0247 e. The Morgan fingerprint density at radius 1 is 1.00 bits per heavy atom. The van der Waals surface area contributed by atoms with Crippen molar-refractivity contribution in [1.82, 2.24) is 0 Å². The molecule has 0 bridgehead atoms. The van der Waals surface area contributed by atoms with E-state index in [2.05, 4.69) is 18.4 Å². The highest BCUT2D eigenvalue weighted by Crippen LogP contribution is 2.43. The van der Waals surface area contributed by atoms with Gasteiger partial charge in [-0.15, -0.1) is 11.8 Å². The van der Waals surface area contributed by atoms with E-state index in [-0.39, 0.29) is 0 Å². The maximum atomic E-state index is 5.75. The average Bonchev–Trinajstić information content (AvgIpc) is 2.82. The van der Waals surface area contributed by atoms with Crippen molar-refractivity contribution in [2.75, 3.05) is 6.54 Å². The van der Waals surface area contributed by atoms with Gasteiger partial charge in [0, 0.05) is 4.75 Å². The minimum atomic E-state index is 0.469. The predicted molar refractivity (Wildman–Crippen MR) is 85.0 cm³/mol. The monoisotopic (exact) mass is 269 g/mol. The Hall–Kier alpha value is 0.0500. The van der Waals surface area contributed by atoms with Gasteiger partial charge in [0.25, 0.3) is 0 Å². The van der Waals surface area contributed by atoms with Crippen molar-refractivity contribution in [2.45, 2.75) is 82.3 Å². The quantitative estimate of drug-likeness (QED) is 0.518. The summed E-state index contributed by atoms with van der Waals surface area (Å²) in [5, 5.41) is 2.28. The summed E-state index contributed by atoms with van der Waals surface area (Å²) >= 11 is 2.03. The van der Waals surface area contributed by atoms with Crippen LogP contribution in [0.15, 0.2) is 11.5 Å². The van der Waals surface area contributed by atoms with Crippen molar-refractivity contribution < 1.29 is 0 Å². The summed E-state index contributed by atoms with van der Waals surface area (Å²) in [4.78, 5) is 0. The first-order chi connectivity index (χ1) is 8.83. The molecule has 1 unspecified atom stereocenters. The van der Waals surface area contributed by atoms with Crippen LogP contribution in [0.1, 0.15) is 77.6 Å². The Kier molecular flexibility index (Phi) is 8.87. The molecule has 2 N–H and O–H groups in total. The zero-order chi connectivity index (χ0) is 13.1. The molecule has 1 atom stereocenters. The molecule has 0 saturated carbocycles. The van der Waals surface area contributed by atoms with Crippen LogP contribution >= 0.6 is 11.8 Å². The molecule has 106 valence electrons. The zero-order valence-electron chi connectivity index (χ0n) is 12.1. The van der Waals surface area contributed by atoms with Crippen LogP contribution in [0.5, 0.6) is 0 Å². The molecule has 18 heavy (non-hydrogen) atoms. The fourth-order valence-electron chi connectivity index (χ4n) is 2.79. The van der Waals surface area contributed by atoms with E-state index in [0.29, 0.717) is 4.75 Å². The van der Waals surface area contributed by atoms with Crippen LogP contribution in [-0.2, 0) is 0 Å². The van der Waals surface area contributed by atoms with E-state index < -0.39 is 0 Å². The van der Waals surface area contributed by atoms with Gasteiger partial charge in [-0.1, -0.05) is 64.4 Å². The van der Waals surface area contributed by atoms with Gasteiger partial charge in [0.1, 0.15) is 0 Å². The third-order valence-corrected chi connectivity index (χ3v) is 5.39. The molecule has 2 heteroatoms. The number of allylic oxidation sites excluding steroid dienone is 1. The number of nitrogens with two attached hydrogens (primary N) is 1. The van der Waals surface area contributed by atoms with Crippen molar-refractivity contribution in [3.05, 3.63) is 11.5 Å². The molecule has 0 radical (unpaired) electrons. The van der Waals surface area contributed by atoms with E-state index in [9.17, 15) is 0 Å². The van der Waals surface area contributed by atoms with Crippen molar-refractivity contribution in [1.29, 1.82) is 0 Å². The lowest BCUT2D eigenvalue weighted by atomic mass is 9.93. The number of hydrogen-bond acceptors (Lipinski definition) is 2. The van der Waals surface area contributed by atoms with Crippen molar-refractivity contribution >= 4 is 11.8 Å². The van der Waals surface area contributed by atoms with Gasteiger partial charge in [0.05, 0.1) is 0 Å². The second kappa shape index (κ2) is 9.91. The standard InChI is InChI=1S/C16H31NS/c1-2-3-4-5-6-7-8-9-11-16(13-14-17)12-10-15-18-16/h10,15H,2-9,11-14,17H2,1H3. The molecular weight excluding hydrogens is 238 g/mol. The Morgan fingerprint density at radius 3 is 2.22 bits per heavy atom. The van der Waals surface area contributed by atoms with E-state index >= 15 is 0 Å². The molecule has 0 fully saturated rings. The fraction of sp³-hybridized carbons (Fsp3) is 0.875. The second-order valence-corrected chi connectivity index (χ2v) is 7.01. The van der Waals surface area contributed by atoms with E-state index in [1.807, 2.05) is 11.8 Å². The molecule has 1 nitrogen and oxygen atoms in total. The van der Waals surface area contributed by atoms with Crippen LogP contribution in [-0.4, -0.2) is 11.3 Å². The first kappa shape index (κ1) is 16.1. The molecule has 0 aromatic carbocycles. The number of thioether (sulfide) groups is 1. The van der Waals surface area contributed by atoms with Gasteiger partial charge in [0.2, 0.25) is 0 Å². The average molecular weight is 269 g/mol. The Balaban J connectivity index is 1.99. The third kappa shape index (κ3) is 6.29. The third-order valence-electron chi connectivity index (χ3n) is 3.99. The van der Waals surface area contributed by atoms with E-state index in [1.54, 1.807) is 0 Å². The van der Waals surface area contributed by atoms with Gasteiger partial charge >= 0.3 is 0 Å². The maximum absolute atomic E-state index is 5.75. The smallest absolute Gasteiger partial charge is 0.0247 e. The summed E-state index contributed by atoms with van der Waals surface area (Å²) in [6.45, 7) is 3.12. The van der Waals surface area contributed by atoms with E-state index in [4.69, 9.17) is 5.73 Å². The van der Waals surface area contributed by atoms with Gasteiger partial charge < -0.3 is 5.73 Å². The van der Waals surface area contributed by atoms with Gasteiger partial charge in [-0.25, -0.2) is 0 Å². The summed E-state index contributed by atoms with van der Waals surface area (Å²) in [5.41, 5.74) is 5.75. The molecule has 0 aliphatic carbocycles. The summed E-state index contributed by atoms with van der Waals surface area (Å²) in [6.07, 6.45) is 17.4. The molecule has 0 aromatic heterocycles. The summed E-state index contributed by atoms with van der Waals surface area (Å²) in [5.74, 6) is 0. The molecule has 0 spiro atoms. The van der Waals surface area contributed by atoms with Gasteiger partial charge in [0.15, 0.2) is 0 Å². The van der Waals surface area contributed by atoms with Crippen LogP contribution in [0, 0.1) is 0 Å². The SMILES string of the molecule is CCCCCCCCCCC1(CCN)CC=CS1. The van der Waals surface area contributed by atoms with Crippen molar-refractivity contribution in [3.8, 4) is 0 Å². The first-order valence-electron chi connectivity index (χ1n) is 7.86. The van der Waals surface area contributed by atoms with Crippen LogP contribution in [0.2, 0.25) is 0 Å². The highest BCUT2D eigenvalue weighted by molar-refractivity contribution is 8.03. The van der Waals surface area contributed by atoms with Crippen molar-refractivity contribution in [2.24, 2.45) is 5.73 Å². The van der Waals surface area contributed by atoms with Gasteiger partial charge in [-0.3, -0.25) is 0 Å². The lowest BCUT2D eigenvalue weighted by Crippen LogP contribution is -2.25. The molecular formula is C16H31NS. The topological polar surface area (TPSA) is 26.0 Å². The van der Waals surface area contributed by atoms with Crippen molar-refractivity contribution in [3.63, 3.8) is 0 Å². The summed E-state index contributed by atoms with van der Waals surface area (Å²) in [7, 11) is 0. The highest BCUT2D eigenvalue weighted by atomic mass is 32.2. The lowest BCUT2D eigenvalue weighted by Gasteiger charge is -2.27. The minimum Gasteiger partial charge on any atom is -0.330 e. The van der Waals surface area contributed by atoms with E-state index in [0.717, 1.165) is 6.54 Å². The second-order valence-electron chi connectivity index (χ2n) is 5.64. The van der Waals surface area contributed by atoms with Gasteiger partial charge in [-0.2, -0.15) is 0 Å². The van der Waals surface area contributed by atoms with Gasteiger partial charge in [-0.05, 0) is 31.2 Å². The minimum absolute atomic E-state index is 0.469. The molecule has 0 amide bonds. The Bertz CT molecular complexity index is 217. The van der Waals surface area contributed by atoms with E-state index in [1.165, 1.54) is 70.6 Å². The molecule has 1 rings (SSSR count). The van der Waals surface area contributed by atoms with Crippen LogP contribution < -0.4 is 5.73 Å². The molecule has 1 heterocycles. The fourth-order valence-corrected chi connectivity index (χ4v) is 3.97. The Morgan fingerprint density at radius 2 is 1.67 bits per heavy atom. The first-order valence-corrected chi connectivity index (χ1v) is 8.74. The Labute approximate surface area is 118 Å². The molecule has 0 saturated heterocycles. The largest absolute Gasteiger partial charge is 0.330 e. The number of hydrogen-bond donors (Lipinski definition) is 1. The molecule has 1 aliphatic rings. The summed E-state index contributed by atoms with van der Waals surface area (Å²) in [6, 6.07) is 0. The molecule has 1 aliphatic heterocycles. The van der Waals surface area contributed by atoms with Crippen LogP contribution in [0.25, 0.3) is 0 Å². The zero-order valence-corrected chi connectivity index (χ0v) is 12.9. The van der Waals surface area contributed by atoms with Crippen LogP contribution in [0.3, 0.4) is 0 Å². The summed E-state index contributed by atoms with van der Waals surface area (Å²) < 4.78 is 0.469.